The molecule has 5 nitrogen and oxygen atoms in total. The lowest BCUT2D eigenvalue weighted by Gasteiger charge is -2.25. The Bertz CT molecular complexity index is 855. The lowest BCUT2D eigenvalue weighted by molar-refractivity contribution is -0.123. The van der Waals surface area contributed by atoms with Gasteiger partial charge in [0.25, 0.3) is 0 Å². The fourth-order valence-electron chi connectivity index (χ4n) is 2.56. The minimum atomic E-state index is -0.757. The van der Waals surface area contributed by atoms with Gasteiger partial charge in [0.1, 0.15) is 0 Å². The van der Waals surface area contributed by atoms with Crippen molar-refractivity contribution in [1.82, 2.24) is 5.32 Å². The van der Waals surface area contributed by atoms with Gasteiger partial charge in [-0.05, 0) is 55.8 Å². The highest BCUT2D eigenvalue weighted by atomic mass is 16.7. The van der Waals surface area contributed by atoms with Gasteiger partial charge in [-0.1, -0.05) is 48.5 Å². The summed E-state index contributed by atoms with van der Waals surface area (Å²) in [6.45, 7) is 4.08. The first-order valence-corrected chi connectivity index (χ1v) is 9.18. The first-order valence-electron chi connectivity index (χ1n) is 9.18. The maximum atomic E-state index is 11.4. The number of nitrogens with zero attached hydrogens (tertiary/aromatic N) is 1. The van der Waals surface area contributed by atoms with Crippen molar-refractivity contribution in [2.24, 2.45) is 5.73 Å². The Kier molecular flexibility index (Phi) is 5.96. The van der Waals surface area contributed by atoms with E-state index in [-0.39, 0.29) is 5.91 Å². The fourth-order valence-corrected chi connectivity index (χ4v) is 2.56. The van der Waals surface area contributed by atoms with E-state index >= 15 is 0 Å². The van der Waals surface area contributed by atoms with Crippen LogP contribution in [0.1, 0.15) is 19.4 Å². The lowest BCUT2D eigenvalue weighted by Crippen LogP contribution is -2.50. The number of hydrogen-bond donors (Lipinski definition) is 2. The number of nitrogens with two attached hydrogens (primary N) is 1. The van der Waals surface area contributed by atoms with E-state index in [1.54, 1.807) is 18.9 Å². The molecule has 0 aromatic heterocycles. The molecule has 3 aromatic rings. The van der Waals surface area contributed by atoms with Crippen LogP contribution in [0.5, 0.6) is 5.75 Å². The standard InChI is InChI=1S/C23H25N3O2/c1-23(2,22(24)27)25-17-18-13-15-21(16-14-18)28-26(19-9-5-3-6-10-19)20-11-7-4-8-12-20/h3-16,25H,17H2,1-2H3,(H2,24,27). The summed E-state index contributed by atoms with van der Waals surface area (Å²) in [7, 11) is 0. The number of para-hydroxylation sites is 2. The Balaban J connectivity index is 1.74. The van der Waals surface area contributed by atoms with Crippen molar-refractivity contribution in [3.8, 4) is 5.75 Å². The maximum Gasteiger partial charge on any atom is 0.237 e. The van der Waals surface area contributed by atoms with Crippen LogP contribution in [0.25, 0.3) is 0 Å². The predicted octanol–water partition coefficient (Wildman–Crippen LogP) is 4.17. The van der Waals surface area contributed by atoms with Crippen molar-refractivity contribution in [2.45, 2.75) is 25.9 Å². The molecule has 0 radical (unpaired) electrons. The van der Waals surface area contributed by atoms with Crippen molar-refractivity contribution < 1.29 is 9.63 Å². The third-order valence-electron chi connectivity index (χ3n) is 4.45. The van der Waals surface area contributed by atoms with E-state index in [0.717, 1.165) is 16.9 Å². The Hall–Kier alpha value is -3.31. The average Bonchev–Trinajstić information content (AvgIpc) is 2.72. The molecule has 0 saturated carbocycles. The molecular weight excluding hydrogens is 350 g/mol. The molecule has 0 atom stereocenters. The number of amides is 1. The lowest BCUT2D eigenvalue weighted by atomic mass is 10.0. The number of primary amides is 1. The van der Waals surface area contributed by atoms with Crippen molar-refractivity contribution in [2.75, 3.05) is 5.06 Å². The van der Waals surface area contributed by atoms with E-state index in [1.807, 2.05) is 84.9 Å². The number of hydrogen-bond acceptors (Lipinski definition) is 4. The smallest absolute Gasteiger partial charge is 0.237 e. The molecule has 5 heteroatoms. The van der Waals surface area contributed by atoms with E-state index in [0.29, 0.717) is 12.3 Å². The van der Waals surface area contributed by atoms with Crippen LogP contribution in [0.4, 0.5) is 11.4 Å². The highest BCUT2D eigenvalue weighted by Crippen LogP contribution is 2.27. The van der Waals surface area contributed by atoms with Crippen molar-refractivity contribution >= 4 is 17.3 Å². The third-order valence-corrected chi connectivity index (χ3v) is 4.45. The second-order valence-electron chi connectivity index (χ2n) is 7.04. The first-order chi connectivity index (χ1) is 13.5. The quantitative estimate of drug-likeness (QED) is 0.580. The van der Waals surface area contributed by atoms with Crippen molar-refractivity contribution in [3.63, 3.8) is 0 Å². The number of benzene rings is 3. The van der Waals surface area contributed by atoms with Gasteiger partial charge in [-0.3, -0.25) is 10.1 Å². The number of rotatable bonds is 8. The molecule has 0 heterocycles. The summed E-state index contributed by atoms with van der Waals surface area (Å²) in [5.74, 6) is 0.333. The molecule has 1 amide bonds. The van der Waals surface area contributed by atoms with E-state index in [9.17, 15) is 4.79 Å². The molecule has 3 aromatic carbocycles. The molecule has 0 aliphatic heterocycles. The summed E-state index contributed by atoms with van der Waals surface area (Å²) in [5.41, 5.74) is 7.54. The van der Waals surface area contributed by atoms with Crippen LogP contribution in [-0.2, 0) is 11.3 Å². The second-order valence-corrected chi connectivity index (χ2v) is 7.04. The number of nitrogens with one attached hydrogen (secondary N) is 1. The first kappa shape index (κ1) is 19.5. The number of carbonyl (C=O) groups is 1. The SMILES string of the molecule is CC(C)(NCc1ccc(ON(c2ccccc2)c2ccccc2)cc1)C(N)=O. The van der Waals surface area contributed by atoms with E-state index in [2.05, 4.69) is 5.32 Å². The predicted molar refractivity (Wildman–Crippen MR) is 112 cm³/mol. The Labute approximate surface area is 165 Å². The van der Waals surface area contributed by atoms with E-state index < -0.39 is 5.54 Å². The minimum absolute atomic E-state index is 0.381. The molecule has 0 aliphatic rings. The summed E-state index contributed by atoms with van der Waals surface area (Å²) in [6.07, 6.45) is 0. The fraction of sp³-hybridized carbons (Fsp3) is 0.174. The van der Waals surface area contributed by atoms with E-state index in [1.165, 1.54) is 0 Å². The second kappa shape index (κ2) is 8.59. The summed E-state index contributed by atoms with van der Waals surface area (Å²) in [4.78, 5) is 17.6. The van der Waals surface area contributed by atoms with Gasteiger partial charge in [0.2, 0.25) is 5.91 Å². The Morgan fingerprint density at radius 2 is 1.39 bits per heavy atom. The molecule has 3 rings (SSSR count). The number of carbonyl (C=O) groups excluding carboxylic acids is 1. The summed E-state index contributed by atoms with van der Waals surface area (Å²) in [6, 6.07) is 27.6. The van der Waals surface area contributed by atoms with Gasteiger partial charge in [-0.15, -0.1) is 0 Å². The van der Waals surface area contributed by atoms with Crippen molar-refractivity contribution in [1.29, 1.82) is 0 Å². The zero-order valence-corrected chi connectivity index (χ0v) is 16.1. The highest BCUT2D eigenvalue weighted by molar-refractivity contribution is 5.83. The number of anilines is 2. The molecule has 0 saturated heterocycles. The Morgan fingerprint density at radius 1 is 0.893 bits per heavy atom. The molecule has 0 aliphatic carbocycles. The minimum Gasteiger partial charge on any atom is -0.375 e. The van der Waals surface area contributed by atoms with Crippen LogP contribution in [0.15, 0.2) is 84.9 Å². The highest BCUT2D eigenvalue weighted by Gasteiger charge is 2.23. The van der Waals surface area contributed by atoms with Gasteiger partial charge in [-0.2, -0.15) is 5.06 Å². The zero-order valence-electron chi connectivity index (χ0n) is 16.1. The summed E-state index contributed by atoms with van der Waals surface area (Å²) >= 11 is 0. The van der Waals surface area contributed by atoms with Gasteiger partial charge in [-0.25, -0.2) is 0 Å². The molecular formula is C23H25N3O2. The largest absolute Gasteiger partial charge is 0.375 e. The van der Waals surface area contributed by atoms with Gasteiger partial charge >= 0.3 is 0 Å². The maximum absolute atomic E-state index is 11.4. The van der Waals surface area contributed by atoms with Crippen LogP contribution in [0.3, 0.4) is 0 Å². The Morgan fingerprint density at radius 3 is 1.86 bits per heavy atom. The van der Waals surface area contributed by atoms with Crippen molar-refractivity contribution in [3.05, 3.63) is 90.5 Å². The van der Waals surface area contributed by atoms with Gasteiger partial charge in [0.05, 0.1) is 16.9 Å². The van der Waals surface area contributed by atoms with E-state index in [4.69, 9.17) is 10.6 Å². The molecule has 28 heavy (non-hydrogen) atoms. The monoisotopic (exact) mass is 375 g/mol. The average molecular weight is 375 g/mol. The third kappa shape index (κ3) is 4.90. The molecule has 144 valence electrons. The van der Waals surface area contributed by atoms with Crippen LogP contribution < -0.4 is 21.0 Å². The topological polar surface area (TPSA) is 67.6 Å². The van der Waals surface area contributed by atoms with Crippen LogP contribution >= 0.6 is 0 Å². The van der Waals surface area contributed by atoms with Crippen LogP contribution in [-0.4, -0.2) is 11.4 Å². The van der Waals surface area contributed by atoms with Gasteiger partial charge in [0, 0.05) is 6.54 Å². The molecule has 0 spiro atoms. The summed E-state index contributed by atoms with van der Waals surface area (Å²) < 4.78 is 0. The molecule has 0 bridgehead atoms. The normalized spacial score (nSPS) is 11.1. The molecule has 0 unspecified atom stereocenters. The zero-order chi connectivity index (χ0) is 20.0. The molecule has 3 N–H and O–H groups in total. The molecule has 0 fully saturated rings. The summed E-state index contributed by atoms with van der Waals surface area (Å²) in [5, 5.41) is 4.96. The van der Waals surface area contributed by atoms with Crippen LogP contribution in [0, 0.1) is 0 Å². The van der Waals surface area contributed by atoms with Gasteiger partial charge in [0.15, 0.2) is 5.75 Å². The van der Waals surface area contributed by atoms with Gasteiger partial charge < -0.3 is 10.6 Å². The van der Waals surface area contributed by atoms with Crippen LogP contribution in [0.2, 0.25) is 0 Å².